The molecule has 0 radical (unpaired) electrons. The number of benzene rings is 1. The Morgan fingerprint density at radius 2 is 2.27 bits per heavy atom. The molecule has 1 aromatic carbocycles. The van der Waals surface area contributed by atoms with Crippen LogP contribution in [0.2, 0.25) is 0 Å². The van der Waals surface area contributed by atoms with Gasteiger partial charge < -0.3 is 5.32 Å². The van der Waals surface area contributed by atoms with Crippen LogP contribution in [0.1, 0.15) is 19.4 Å². The van der Waals surface area contributed by atoms with Crippen molar-refractivity contribution in [1.29, 1.82) is 0 Å². The molecule has 0 unspecified atom stereocenters. The Kier molecular flexibility index (Phi) is 4.38. The van der Waals surface area contributed by atoms with Crippen LogP contribution in [0.5, 0.6) is 0 Å². The second-order valence-electron chi connectivity index (χ2n) is 2.98. The first-order valence-electron chi connectivity index (χ1n) is 4.69. The van der Waals surface area contributed by atoms with E-state index in [-0.39, 0.29) is 5.91 Å². The molecule has 0 aromatic heterocycles. The number of aryl methyl sites for hydroxylation is 1. The van der Waals surface area contributed by atoms with Crippen molar-refractivity contribution in [1.82, 2.24) is 0 Å². The summed E-state index contributed by atoms with van der Waals surface area (Å²) in [5.41, 5.74) is 1.92. The summed E-state index contributed by atoms with van der Waals surface area (Å²) in [5, 5.41) is 2.76. The average Bonchev–Trinajstić information content (AvgIpc) is 2.21. The topological polar surface area (TPSA) is 29.1 Å². The first-order valence-corrected chi connectivity index (χ1v) is 5.48. The molecule has 78 valence electrons. The van der Waals surface area contributed by atoms with Crippen molar-refractivity contribution in [3.05, 3.63) is 28.2 Å². The van der Waals surface area contributed by atoms with E-state index in [0.717, 1.165) is 22.1 Å². The van der Waals surface area contributed by atoms with E-state index < -0.39 is 0 Å². The number of amides is 1. The number of rotatable bonds is 2. The molecule has 0 saturated heterocycles. The van der Waals surface area contributed by atoms with Crippen molar-refractivity contribution in [2.24, 2.45) is 0 Å². The molecule has 0 atom stereocenters. The lowest BCUT2D eigenvalue weighted by molar-refractivity contribution is -0.111. The SMILES string of the molecule is CC#CC(=O)Nc1ccc(Br)cc1CC. The Morgan fingerprint density at radius 1 is 1.53 bits per heavy atom. The first-order chi connectivity index (χ1) is 7.17. The molecule has 1 rings (SSSR count). The maximum atomic E-state index is 11.3. The highest BCUT2D eigenvalue weighted by Crippen LogP contribution is 2.21. The van der Waals surface area contributed by atoms with Gasteiger partial charge in [0.05, 0.1) is 0 Å². The number of hydrogen-bond acceptors (Lipinski definition) is 1. The van der Waals surface area contributed by atoms with Gasteiger partial charge in [-0.05, 0) is 43.0 Å². The van der Waals surface area contributed by atoms with Crippen molar-refractivity contribution in [2.45, 2.75) is 20.3 Å². The van der Waals surface area contributed by atoms with Crippen molar-refractivity contribution >= 4 is 27.5 Å². The summed E-state index contributed by atoms with van der Waals surface area (Å²) in [6.45, 7) is 3.69. The maximum absolute atomic E-state index is 11.3. The summed E-state index contributed by atoms with van der Waals surface area (Å²) in [5.74, 6) is 4.74. The van der Waals surface area contributed by atoms with E-state index in [9.17, 15) is 4.79 Å². The Hall–Kier alpha value is -1.27. The van der Waals surface area contributed by atoms with Gasteiger partial charge in [-0.2, -0.15) is 0 Å². The smallest absolute Gasteiger partial charge is 0.300 e. The van der Waals surface area contributed by atoms with Crippen molar-refractivity contribution in [3.8, 4) is 11.8 Å². The monoisotopic (exact) mass is 265 g/mol. The van der Waals surface area contributed by atoms with E-state index in [1.807, 2.05) is 25.1 Å². The summed E-state index contributed by atoms with van der Waals surface area (Å²) >= 11 is 3.39. The minimum Gasteiger partial charge on any atom is -0.315 e. The van der Waals surface area contributed by atoms with Gasteiger partial charge >= 0.3 is 0 Å². The molecule has 0 aliphatic carbocycles. The molecule has 0 fully saturated rings. The van der Waals surface area contributed by atoms with E-state index in [0.29, 0.717) is 0 Å². The van der Waals surface area contributed by atoms with Crippen LogP contribution in [-0.2, 0) is 11.2 Å². The molecule has 0 aliphatic heterocycles. The minimum absolute atomic E-state index is 0.269. The van der Waals surface area contributed by atoms with Crippen LogP contribution in [0.3, 0.4) is 0 Å². The Bertz CT molecular complexity index is 429. The molecule has 0 heterocycles. The molecule has 2 nitrogen and oxygen atoms in total. The van der Waals surface area contributed by atoms with Crippen molar-refractivity contribution in [2.75, 3.05) is 5.32 Å². The molecule has 0 aliphatic rings. The molecule has 3 heteroatoms. The van der Waals surface area contributed by atoms with Crippen LogP contribution in [0.15, 0.2) is 22.7 Å². The predicted molar refractivity (Wildman–Crippen MR) is 65.6 cm³/mol. The molecule has 1 N–H and O–H groups in total. The van der Waals surface area contributed by atoms with Gasteiger partial charge in [0.2, 0.25) is 0 Å². The van der Waals surface area contributed by atoms with E-state index in [1.165, 1.54) is 0 Å². The fraction of sp³-hybridized carbons (Fsp3) is 0.250. The van der Waals surface area contributed by atoms with Crippen molar-refractivity contribution < 1.29 is 4.79 Å². The fourth-order valence-corrected chi connectivity index (χ4v) is 1.65. The van der Waals surface area contributed by atoms with Gasteiger partial charge in [-0.15, -0.1) is 0 Å². The van der Waals surface area contributed by atoms with Crippen LogP contribution < -0.4 is 5.32 Å². The van der Waals surface area contributed by atoms with Gasteiger partial charge in [0, 0.05) is 10.2 Å². The van der Waals surface area contributed by atoms with Crippen LogP contribution in [0.25, 0.3) is 0 Å². The van der Waals surface area contributed by atoms with Gasteiger partial charge in [0.15, 0.2) is 0 Å². The summed E-state index contributed by atoms with van der Waals surface area (Å²) in [7, 11) is 0. The van der Waals surface area contributed by atoms with Crippen LogP contribution in [-0.4, -0.2) is 5.91 Å². The Labute approximate surface area is 98.2 Å². The second kappa shape index (κ2) is 5.57. The lowest BCUT2D eigenvalue weighted by atomic mass is 10.1. The quantitative estimate of drug-likeness (QED) is 0.819. The predicted octanol–water partition coefficient (Wildman–Crippen LogP) is 2.97. The lowest BCUT2D eigenvalue weighted by Gasteiger charge is -2.07. The summed E-state index contributed by atoms with van der Waals surface area (Å²) < 4.78 is 1.01. The van der Waals surface area contributed by atoms with Crippen LogP contribution in [0, 0.1) is 11.8 Å². The number of nitrogens with one attached hydrogen (secondary N) is 1. The molecule has 0 saturated carbocycles. The zero-order valence-corrected chi connectivity index (χ0v) is 10.3. The highest BCUT2D eigenvalue weighted by Gasteiger charge is 2.03. The number of carbonyl (C=O) groups excluding carboxylic acids is 1. The van der Waals surface area contributed by atoms with Gasteiger partial charge in [-0.25, -0.2) is 0 Å². The fourth-order valence-electron chi connectivity index (χ4n) is 1.24. The third-order valence-corrected chi connectivity index (χ3v) is 2.43. The number of halogens is 1. The van der Waals surface area contributed by atoms with E-state index in [2.05, 4.69) is 33.1 Å². The number of anilines is 1. The molecular weight excluding hydrogens is 254 g/mol. The molecule has 15 heavy (non-hydrogen) atoms. The Morgan fingerprint density at radius 3 is 2.87 bits per heavy atom. The van der Waals surface area contributed by atoms with Crippen LogP contribution in [0.4, 0.5) is 5.69 Å². The highest BCUT2D eigenvalue weighted by molar-refractivity contribution is 9.10. The van der Waals surface area contributed by atoms with E-state index in [1.54, 1.807) is 6.92 Å². The molecular formula is C12H12BrNO. The van der Waals surface area contributed by atoms with Gasteiger partial charge in [-0.3, -0.25) is 4.79 Å². The zero-order chi connectivity index (χ0) is 11.3. The second-order valence-corrected chi connectivity index (χ2v) is 3.90. The molecule has 1 aromatic rings. The maximum Gasteiger partial charge on any atom is 0.300 e. The standard InChI is InChI=1S/C12H12BrNO/c1-3-5-12(15)14-11-7-6-10(13)8-9(11)4-2/h6-8H,4H2,1-2H3,(H,14,15). The van der Waals surface area contributed by atoms with Gasteiger partial charge in [0.1, 0.15) is 0 Å². The molecule has 1 amide bonds. The van der Waals surface area contributed by atoms with Gasteiger partial charge in [0.25, 0.3) is 5.91 Å². The largest absolute Gasteiger partial charge is 0.315 e. The zero-order valence-electron chi connectivity index (χ0n) is 8.73. The van der Waals surface area contributed by atoms with Crippen LogP contribution >= 0.6 is 15.9 Å². The Balaban J connectivity index is 2.92. The molecule has 0 spiro atoms. The lowest BCUT2D eigenvalue weighted by Crippen LogP contribution is -2.10. The molecule has 0 bridgehead atoms. The normalized spacial score (nSPS) is 9.00. The average molecular weight is 266 g/mol. The minimum atomic E-state index is -0.269. The van der Waals surface area contributed by atoms with E-state index in [4.69, 9.17) is 0 Å². The van der Waals surface area contributed by atoms with E-state index >= 15 is 0 Å². The first kappa shape index (κ1) is 11.8. The summed E-state index contributed by atoms with van der Waals surface area (Å²) in [6, 6.07) is 5.77. The third-order valence-electron chi connectivity index (χ3n) is 1.93. The number of hydrogen-bond donors (Lipinski definition) is 1. The third kappa shape index (κ3) is 3.41. The number of carbonyl (C=O) groups is 1. The summed E-state index contributed by atoms with van der Waals surface area (Å²) in [6.07, 6.45) is 0.870. The van der Waals surface area contributed by atoms with Crippen molar-refractivity contribution in [3.63, 3.8) is 0 Å². The highest BCUT2D eigenvalue weighted by atomic mass is 79.9. The van der Waals surface area contributed by atoms with Gasteiger partial charge in [-0.1, -0.05) is 28.8 Å². The summed E-state index contributed by atoms with van der Waals surface area (Å²) in [4.78, 5) is 11.3.